The van der Waals surface area contributed by atoms with Crippen LogP contribution in [0.15, 0.2) is 116 Å². The lowest BCUT2D eigenvalue weighted by Crippen LogP contribution is -2.27. The van der Waals surface area contributed by atoms with Gasteiger partial charge in [-0.2, -0.15) is 17.9 Å². The Hall–Kier alpha value is -4.41. The molecule has 212 valence electrons. The number of nitrogens with one attached hydrogen (secondary N) is 1. The minimum absolute atomic E-state index is 0.0489. The first-order chi connectivity index (χ1) is 20.3. The van der Waals surface area contributed by atoms with Gasteiger partial charge < -0.3 is 14.5 Å². The largest absolute Gasteiger partial charge is 0.497 e. The number of para-hydroxylation sites is 1. The van der Waals surface area contributed by atoms with Gasteiger partial charge in [-0.1, -0.05) is 64.5 Å². The fraction of sp³-hybridized carbons (Fsp3) is 0.125. The second-order valence-electron chi connectivity index (χ2n) is 9.72. The number of halogens is 1. The molecule has 0 amide bonds. The zero-order valence-corrected chi connectivity index (χ0v) is 25.1. The average molecular weight is 645 g/mol. The fourth-order valence-corrected chi connectivity index (χ4v) is 7.12. The molecule has 4 aromatic carbocycles. The molecule has 2 heterocycles. The van der Waals surface area contributed by atoms with E-state index in [0.29, 0.717) is 39.4 Å². The van der Waals surface area contributed by atoms with Gasteiger partial charge >= 0.3 is 0 Å². The lowest BCUT2D eigenvalue weighted by molar-refractivity contribution is 0.350. The van der Waals surface area contributed by atoms with Crippen molar-refractivity contribution in [3.05, 3.63) is 123 Å². The number of methoxy groups -OCH3 is 2. The monoisotopic (exact) mass is 643 g/mol. The third-order valence-corrected chi connectivity index (χ3v) is 9.49. The fourth-order valence-electron chi connectivity index (χ4n) is 5.34. The highest BCUT2D eigenvalue weighted by Crippen LogP contribution is 2.42. The molecule has 1 N–H and O–H groups in total. The summed E-state index contributed by atoms with van der Waals surface area (Å²) in [5, 5.41) is 5.51. The lowest BCUT2D eigenvalue weighted by Gasteiger charge is -2.24. The van der Waals surface area contributed by atoms with Crippen LogP contribution in [0, 0.1) is 0 Å². The molecule has 1 aliphatic heterocycles. The summed E-state index contributed by atoms with van der Waals surface area (Å²) in [6, 6.07) is 27.8. The van der Waals surface area contributed by atoms with Gasteiger partial charge in [-0.05, 0) is 54.1 Å². The van der Waals surface area contributed by atoms with E-state index in [-0.39, 0.29) is 16.9 Å². The summed E-state index contributed by atoms with van der Waals surface area (Å²) in [4.78, 5) is 16.8. The Morgan fingerprint density at radius 3 is 2.31 bits per heavy atom. The second kappa shape index (κ2) is 11.1. The van der Waals surface area contributed by atoms with Crippen molar-refractivity contribution in [2.24, 2.45) is 5.10 Å². The number of hydrogen-bond donors (Lipinski definition) is 1. The van der Waals surface area contributed by atoms with Crippen molar-refractivity contribution < 1.29 is 17.9 Å². The normalized spacial score (nSPS) is 15.1. The van der Waals surface area contributed by atoms with Crippen LogP contribution in [0.3, 0.4) is 0 Å². The summed E-state index contributed by atoms with van der Waals surface area (Å²) >= 11 is 3.56. The maximum atomic E-state index is 14.1. The van der Waals surface area contributed by atoms with Crippen LogP contribution >= 0.6 is 15.9 Å². The summed E-state index contributed by atoms with van der Waals surface area (Å²) in [5.74, 6) is 1.05. The van der Waals surface area contributed by atoms with E-state index in [1.807, 2.05) is 66.7 Å². The number of sulfonamides is 1. The summed E-state index contributed by atoms with van der Waals surface area (Å²) in [6.07, 6.45) is 0.151. The van der Waals surface area contributed by atoms with Crippen molar-refractivity contribution in [3.8, 4) is 22.6 Å². The Balaban J connectivity index is 1.60. The molecule has 0 bridgehead atoms. The molecule has 1 aromatic heterocycles. The van der Waals surface area contributed by atoms with Gasteiger partial charge in [0.05, 0.1) is 36.4 Å². The number of rotatable bonds is 7. The number of hydrazone groups is 1. The second-order valence-corrected chi connectivity index (χ2v) is 12.4. The quantitative estimate of drug-likeness (QED) is 0.218. The molecule has 0 unspecified atom stereocenters. The standard InChI is InChI=1S/C32H26BrN3O5S/c1-40-22-13-15-23(16-14-22)42(38,39)36-28(24-10-6-7-11-29(24)41-2)19-27(35-36)31-30(20-8-4-3-5-9-20)25-18-21(33)12-17-26(25)34-32(31)37/h3-18,28H,19H2,1-2H3,(H,34,37)/t28-/m1/s1. The molecule has 1 atom stereocenters. The number of ether oxygens (including phenoxy) is 2. The van der Waals surface area contributed by atoms with Crippen LogP contribution in [0.5, 0.6) is 11.5 Å². The summed E-state index contributed by atoms with van der Waals surface area (Å²) in [7, 11) is -1.10. The number of fused-ring (bicyclic) bond motifs is 1. The number of aromatic amines is 1. The maximum absolute atomic E-state index is 14.1. The first-order valence-corrected chi connectivity index (χ1v) is 15.4. The first-order valence-electron chi connectivity index (χ1n) is 13.1. The van der Waals surface area contributed by atoms with Crippen LogP contribution in [-0.4, -0.2) is 37.7 Å². The van der Waals surface area contributed by atoms with Crippen molar-refractivity contribution in [2.75, 3.05) is 14.2 Å². The number of nitrogens with zero attached hydrogens (tertiary/aromatic N) is 2. The minimum Gasteiger partial charge on any atom is -0.497 e. The molecule has 0 fully saturated rings. The molecule has 0 radical (unpaired) electrons. The van der Waals surface area contributed by atoms with E-state index in [4.69, 9.17) is 14.6 Å². The van der Waals surface area contributed by atoms with Crippen LogP contribution in [0.25, 0.3) is 22.0 Å². The molecule has 6 rings (SSSR count). The molecule has 42 heavy (non-hydrogen) atoms. The molecule has 0 spiro atoms. The van der Waals surface area contributed by atoms with Gasteiger partial charge in [0.25, 0.3) is 15.6 Å². The van der Waals surface area contributed by atoms with Gasteiger partial charge in [-0.15, -0.1) is 0 Å². The zero-order valence-electron chi connectivity index (χ0n) is 22.7. The van der Waals surface area contributed by atoms with Crippen LogP contribution < -0.4 is 15.0 Å². The third-order valence-electron chi connectivity index (χ3n) is 7.30. The van der Waals surface area contributed by atoms with Crippen LogP contribution in [-0.2, 0) is 10.0 Å². The molecule has 0 saturated carbocycles. The minimum atomic E-state index is -4.15. The van der Waals surface area contributed by atoms with Crippen molar-refractivity contribution in [1.29, 1.82) is 0 Å². The third kappa shape index (κ3) is 4.86. The van der Waals surface area contributed by atoms with E-state index < -0.39 is 16.1 Å². The van der Waals surface area contributed by atoms with Crippen LogP contribution in [0.4, 0.5) is 0 Å². The summed E-state index contributed by atoms with van der Waals surface area (Å²) in [5.41, 5.74) is 3.10. The Kier molecular flexibility index (Phi) is 7.34. The highest BCUT2D eigenvalue weighted by molar-refractivity contribution is 9.10. The highest BCUT2D eigenvalue weighted by atomic mass is 79.9. The summed E-state index contributed by atoms with van der Waals surface area (Å²) < 4.78 is 41.1. The van der Waals surface area contributed by atoms with Gasteiger partial charge in [-0.25, -0.2) is 0 Å². The van der Waals surface area contributed by atoms with E-state index >= 15 is 0 Å². The predicted molar refractivity (Wildman–Crippen MR) is 167 cm³/mol. The summed E-state index contributed by atoms with van der Waals surface area (Å²) in [6.45, 7) is 0. The van der Waals surface area contributed by atoms with Crippen molar-refractivity contribution in [1.82, 2.24) is 9.40 Å². The molecule has 8 nitrogen and oxygen atoms in total. The number of benzene rings is 4. The molecule has 1 aliphatic rings. The number of H-pyrrole nitrogens is 1. The van der Waals surface area contributed by atoms with E-state index in [0.717, 1.165) is 19.8 Å². The van der Waals surface area contributed by atoms with Gasteiger partial charge in [0.1, 0.15) is 11.5 Å². The van der Waals surface area contributed by atoms with Crippen molar-refractivity contribution >= 4 is 42.6 Å². The maximum Gasteiger partial charge on any atom is 0.279 e. The molecule has 10 heteroatoms. The van der Waals surface area contributed by atoms with Gasteiger partial charge in [-0.3, -0.25) is 4.79 Å². The average Bonchev–Trinajstić information content (AvgIpc) is 3.47. The van der Waals surface area contributed by atoms with E-state index in [1.54, 1.807) is 18.2 Å². The van der Waals surface area contributed by atoms with E-state index in [9.17, 15) is 13.2 Å². The number of aromatic nitrogens is 1. The topological polar surface area (TPSA) is 101 Å². The Labute approximate surface area is 251 Å². The smallest absolute Gasteiger partial charge is 0.279 e. The highest BCUT2D eigenvalue weighted by Gasteiger charge is 2.40. The molecular formula is C32H26BrN3O5S. The van der Waals surface area contributed by atoms with E-state index in [1.165, 1.54) is 26.4 Å². The van der Waals surface area contributed by atoms with E-state index in [2.05, 4.69) is 20.9 Å². The first kappa shape index (κ1) is 27.7. The van der Waals surface area contributed by atoms with Crippen LogP contribution in [0.1, 0.15) is 23.6 Å². The SMILES string of the molecule is COc1ccc(S(=O)(=O)N2N=C(c3c(-c4ccccc4)c4cc(Br)ccc4[nH]c3=O)C[C@@H]2c2ccccc2OC)cc1. The van der Waals surface area contributed by atoms with Crippen molar-refractivity contribution in [3.63, 3.8) is 0 Å². The number of pyridine rings is 1. The lowest BCUT2D eigenvalue weighted by atomic mass is 9.91. The molecule has 0 saturated heterocycles. The molecular weight excluding hydrogens is 618 g/mol. The Morgan fingerprint density at radius 2 is 1.60 bits per heavy atom. The van der Waals surface area contributed by atoms with Crippen LogP contribution in [0.2, 0.25) is 0 Å². The van der Waals surface area contributed by atoms with Gasteiger partial charge in [0.15, 0.2) is 0 Å². The Morgan fingerprint density at radius 1 is 0.881 bits per heavy atom. The Bertz CT molecular complexity index is 1990. The van der Waals surface area contributed by atoms with Gasteiger partial charge in [0, 0.05) is 32.9 Å². The zero-order chi connectivity index (χ0) is 29.4. The molecule has 0 aliphatic carbocycles. The predicted octanol–water partition coefficient (Wildman–Crippen LogP) is 6.51. The van der Waals surface area contributed by atoms with Crippen molar-refractivity contribution in [2.45, 2.75) is 17.4 Å². The van der Waals surface area contributed by atoms with Gasteiger partial charge in [0.2, 0.25) is 0 Å². The number of hydrogen-bond acceptors (Lipinski definition) is 6. The molecule has 5 aromatic rings.